The maximum Gasteiger partial charge on any atom is 0.266 e. The van der Waals surface area contributed by atoms with E-state index in [0.717, 1.165) is 3.57 Å². The molecule has 0 aliphatic heterocycles. The quantitative estimate of drug-likeness (QED) is 0.330. The first-order chi connectivity index (χ1) is 13.5. The van der Waals surface area contributed by atoms with E-state index >= 15 is 0 Å². The van der Waals surface area contributed by atoms with Crippen LogP contribution in [0.3, 0.4) is 0 Å². The number of nitriles is 1. The fourth-order valence-corrected chi connectivity index (χ4v) is 3.32. The summed E-state index contributed by atoms with van der Waals surface area (Å²) in [5.74, 6) is 1.33. The average molecular weight is 492 g/mol. The Bertz CT molecular complexity index is 919. The largest absolute Gasteiger partial charge is 0.494 e. The number of nitrogens with one attached hydrogen (secondary N) is 1. The molecule has 146 valence electrons. The minimum Gasteiger partial charge on any atom is -0.494 e. The lowest BCUT2D eigenvalue weighted by Gasteiger charge is -2.12. The molecule has 2 aromatic rings. The molecule has 0 aliphatic rings. The second-order valence-electron chi connectivity index (χ2n) is 5.55. The minimum atomic E-state index is -0.500. The van der Waals surface area contributed by atoms with Crippen LogP contribution in [0.4, 0.5) is 5.69 Å². The van der Waals surface area contributed by atoms with Crippen LogP contribution in [-0.4, -0.2) is 26.2 Å². The van der Waals surface area contributed by atoms with E-state index in [2.05, 4.69) is 27.9 Å². The van der Waals surface area contributed by atoms with Crippen LogP contribution in [0.25, 0.3) is 6.08 Å². The predicted molar refractivity (Wildman–Crippen MR) is 117 cm³/mol. The van der Waals surface area contributed by atoms with Gasteiger partial charge in [-0.15, -0.1) is 0 Å². The fraction of sp³-hybridized carbons (Fsp3) is 0.238. The van der Waals surface area contributed by atoms with E-state index in [-0.39, 0.29) is 5.57 Å². The zero-order valence-corrected chi connectivity index (χ0v) is 18.1. The van der Waals surface area contributed by atoms with E-state index in [1.54, 1.807) is 37.4 Å². The number of anilines is 1. The molecular formula is C21H21IN2O4. The number of nitrogens with zero attached hydrogens (tertiary/aromatic N) is 1. The van der Waals surface area contributed by atoms with Gasteiger partial charge in [0.15, 0.2) is 11.5 Å². The van der Waals surface area contributed by atoms with Gasteiger partial charge in [-0.3, -0.25) is 4.79 Å². The van der Waals surface area contributed by atoms with Gasteiger partial charge in [-0.05, 0) is 72.3 Å². The van der Waals surface area contributed by atoms with E-state index in [0.29, 0.717) is 41.7 Å². The Balaban J connectivity index is 2.29. The van der Waals surface area contributed by atoms with Crippen LogP contribution in [0.1, 0.15) is 19.4 Å². The van der Waals surface area contributed by atoms with E-state index in [4.69, 9.17) is 14.2 Å². The molecule has 6 nitrogen and oxygen atoms in total. The van der Waals surface area contributed by atoms with Crippen LogP contribution in [-0.2, 0) is 4.79 Å². The number of amides is 1. The monoisotopic (exact) mass is 492 g/mol. The second-order valence-corrected chi connectivity index (χ2v) is 6.71. The van der Waals surface area contributed by atoms with Gasteiger partial charge in [0, 0.05) is 11.8 Å². The summed E-state index contributed by atoms with van der Waals surface area (Å²) < 4.78 is 17.2. The Morgan fingerprint density at radius 2 is 1.96 bits per heavy atom. The standard InChI is InChI=1S/C21H21IN2O4/c1-4-27-17-8-6-7-16(12-17)24-21(25)15(13-23)9-14-10-18(22)20(26-3)19(11-14)28-5-2/h6-12H,4-5H2,1-3H3,(H,24,25)/b15-9+. The average Bonchev–Trinajstić information content (AvgIpc) is 2.66. The molecule has 0 fully saturated rings. The van der Waals surface area contributed by atoms with Gasteiger partial charge in [0.05, 0.1) is 23.9 Å². The molecule has 1 amide bonds. The van der Waals surface area contributed by atoms with Crippen molar-refractivity contribution < 1.29 is 19.0 Å². The number of ether oxygens (including phenoxy) is 3. The van der Waals surface area contributed by atoms with Gasteiger partial charge in [-0.2, -0.15) is 5.26 Å². The molecule has 0 heterocycles. The Morgan fingerprint density at radius 1 is 1.21 bits per heavy atom. The molecule has 2 rings (SSSR count). The maximum atomic E-state index is 12.5. The van der Waals surface area contributed by atoms with Crippen LogP contribution in [0.5, 0.6) is 17.2 Å². The topological polar surface area (TPSA) is 80.6 Å². The summed E-state index contributed by atoms with van der Waals surface area (Å²) in [5, 5.41) is 12.2. The molecule has 1 N–H and O–H groups in total. The first-order valence-corrected chi connectivity index (χ1v) is 9.76. The van der Waals surface area contributed by atoms with Crippen LogP contribution in [0.2, 0.25) is 0 Å². The fourth-order valence-electron chi connectivity index (χ4n) is 2.48. The molecular weight excluding hydrogens is 471 g/mol. The van der Waals surface area contributed by atoms with Crippen molar-refractivity contribution >= 4 is 40.3 Å². The molecule has 0 saturated carbocycles. The summed E-state index contributed by atoms with van der Waals surface area (Å²) in [6.07, 6.45) is 1.52. The van der Waals surface area contributed by atoms with Crippen LogP contribution >= 0.6 is 22.6 Å². The summed E-state index contributed by atoms with van der Waals surface area (Å²) in [4.78, 5) is 12.5. The van der Waals surface area contributed by atoms with Crippen LogP contribution in [0, 0.1) is 14.9 Å². The highest BCUT2D eigenvalue weighted by Gasteiger charge is 2.14. The molecule has 0 aromatic heterocycles. The third kappa shape index (κ3) is 5.63. The molecule has 2 aromatic carbocycles. The smallest absolute Gasteiger partial charge is 0.266 e. The summed E-state index contributed by atoms with van der Waals surface area (Å²) in [5.41, 5.74) is 1.20. The van der Waals surface area contributed by atoms with Crippen molar-refractivity contribution in [1.82, 2.24) is 0 Å². The van der Waals surface area contributed by atoms with Crippen LogP contribution in [0.15, 0.2) is 42.0 Å². The van der Waals surface area contributed by atoms with E-state index in [9.17, 15) is 10.1 Å². The number of rotatable bonds is 8. The Morgan fingerprint density at radius 3 is 2.61 bits per heavy atom. The van der Waals surface area contributed by atoms with Gasteiger partial charge in [-0.1, -0.05) is 6.07 Å². The van der Waals surface area contributed by atoms with Gasteiger partial charge in [0.1, 0.15) is 17.4 Å². The number of hydrogen-bond donors (Lipinski definition) is 1. The third-order valence-electron chi connectivity index (χ3n) is 3.61. The Hall–Kier alpha value is -2.73. The zero-order valence-electron chi connectivity index (χ0n) is 15.9. The Kier molecular flexibility index (Phi) is 8.14. The molecule has 0 bridgehead atoms. The zero-order chi connectivity index (χ0) is 20.5. The number of hydrogen-bond acceptors (Lipinski definition) is 5. The summed E-state index contributed by atoms with van der Waals surface area (Å²) in [7, 11) is 1.57. The number of carbonyl (C=O) groups excluding carboxylic acids is 1. The summed E-state index contributed by atoms with van der Waals surface area (Å²) in [6.45, 7) is 4.76. The predicted octanol–water partition coefficient (Wildman–Crippen LogP) is 4.64. The normalized spacial score (nSPS) is 10.8. The molecule has 0 spiro atoms. The maximum absolute atomic E-state index is 12.5. The van der Waals surface area contributed by atoms with Crippen molar-refractivity contribution in [2.45, 2.75) is 13.8 Å². The second kappa shape index (κ2) is 10.6. The molecule has 0 radical (unpaired) electrons. The van der Waals surface area contributed by atoms with E-state index in [1.807, 2.05) is 26.0 Å². The number of methoxy groups -OCH3 is 1. The Labute approximate surface area is 178 Å². The molecule has 7 heteroatoms. The number of carbonyl (C=O) groups is 1. The molecule has 0 atom stereocenters. The minimum absolute atomic E-state index is 0.0229. The third-order valence-corrected chi connectivity index (χ3v) is 4.42. The lowest BCUT2D eigenvalue weighted by Crippen LogP contribution is -2.13. The SMILES string of the molecule is CCOc1cccc(NC(=O)/C(C#N)=C/c2cc(I)c(OC)c(OCC)c2)c1. The number of benzene rings is 2. The van der Waals surface area contributed by atoms with Crippen molar-refractivity contribution in [3.8, 4) is 23.3 Å². The van der Waals surface area contributed by atoms with Gasteiger partial charge in [0.25, 0.3) is 5.91 Å². The highest BCUT2D eigenvalue weighted by molar-refractivity contribution is 14.1. The highest BCUT2D eigenvalue weighted by Crippen LogP contribution is 2.34. The lowest BCUT2D eigenvalue weighted by atomic mass is 10.1. The summed E-state index contributed by atoms with van der Waals surface area (Å²) in [6, 6.07) is 12.5. The first-order valence-electron chi connectivity index (χ1n) is 8.68. The molecule has 28 heavy (non-hydrogen) atoms. The van der Waals surface area contributed by atoms with Gasteiger partial charge in [0.2, 0.25) is 0 Å². The van der Waals surface area contributed by atoms with Crippen molar-refractivity contribution in [2.24, 2.45) is 0 Å². The van der Waals surface area contributed by atoms with Crippen molar-refractivity contribution in [1.29, 1.82) is 5.26 Å². The van der Waals surface area contributed by atoms with E-state index < -0.39 is 5.91 Å². The van der Waals surface area contributed by atoms with Gasteiger partial charge < -0.3 is 19.5 Å². The van der Waals surface area contributed by atoms with Gasteiger partial charge in [-0.25, -0.2) is 0 Å². The van der Waals surface area contributed by atoms with Gasteiger partial charge >= 0.3 is 0 Å². The first kappa shape index (κ1) is 21.6. The van der Waals surface area contributed by atoms with Crippen LogP contribution < -0.4 is 19.5 Å². The van der Waals surface area contributed by atoms with Crippen molar-refractivity contribution in [2.75, 3.05) is 25.6 Å². The van der Waals surface area contributed by atoms with Crippen molar-refractivity contribution in [3.05, 3.63) is 51.1 Å². The van der Waals surface area contributed by atoms with Crippen molar-refractivity contribution in [3.63, 3.8) is 0 Å². The molecule has 0 saturated heterocycles. The molecule has 0 aliphatic carbocycles. The highest BCUT2D eigenvalue weighted by atomic mass is 127. The summed E-state index contributed by atoms with van der Waals surface area (Å²) >= 11 is 2.13. The lowest BCUT2D eigenvalue weighted by molar-refractivity contribution is -0.112. The number of halogens is 1. The molecule has 0 unspecified atom stereocenters. The van der Waals surface area contributed by atoms with E-state index in [1.165, 1.54) is 6.08 Å².